The molecule has 0 aliphatic carbocycles. The third-order valence-electron chi connectivity index (χ3n) is 2.52. The minimum absolute atomic E-state index is 0.0820. The number of carbonyl (C=O) groups excluding carboxylic acids is 1. The fourth-order valence-electron chi connectivity index (χ4n) is 1.55. The molecule has 0 saturated carbocycles. The Morgan fingerprint density at radius 3 is 2.75 bits per heavy atom. The zero-order valence-electron chi connectivity index (χ0n) is 9.35. The summed E-state index contributed by atoms with van der Waals surface area (Å²) in [5.74, 6) is 1.24. The van der Waals surface area contributed by atoms with E-state index in [4.69, 9.17) is 0 Å². The summed E-state index contributed by atoms with van der Waals surface area (Å²) in [5, 5.41) is -0.649. The van der Waals surface area contributed by atoms with E-state index in [0.717, 1.165) is 5.75 Å². The van der Waals surface area contributed by atoms with E-state index in [1.54, 1.807) is 25.6 Å². The number of rotatable bonds is 3. The standard InChI is InChI=1S/C9H16BrNO3S2/c1-3-16(13,14)8-6-15-5-4-11(8)9(12)7(2)10/h7-8H,3-6H2,1-2H3. The van der Waals surface area contributed by atoms with Crippen molar-refractivity contribution in [3.05, 3.63) is 0 Å². The first-order valence-corrected chi connectivity index (χ1v) is 8.92. The first-order chi connectivity index (χ1) is 7.40. The fourth-order valence-corrected chi connectivity index (χ4v) is 4.79. The average molecular weight is 330 g/mol. The van der Waals surface area contributed by atoms with E-state index in [1.165, 1.54) is 4.90 Å². The third kappa shape index (κ3) is 3.13. The monoisotopic (exact) mass is 329 g/mol. The smallest absolute Gasteiger partial charge is 0.237 e. The van der Waals surface area contributed by atoms with Crippen LogP contribution in [0.5, 0.6) is 0 Å². The van der Waals surface area contributed by atoms with Crippen LogP contribution in [0.4, 0.5) is 0 Å². The van der Waals surface area contributed by atoms with Gasteiger partial charge in [0.1, 0.15) is 5.37 Å². The Morgan fingerprint density at radius 2 is 2.25 bits per heavy atom. The average Bonchev–Trinajstić information content (AvgIpc) is 2.28. The topological polar surface area (TPSA) is 54.5 Å². The van der Waals surface area contributed by atoms with Gasteiger partial charge in [0.25, 0.3) is 0 Å². The molecule has 7 heteroatoms. The molecule has 1 aliphatic rings. The summed E-state index contributed by atoms with van der Waals surface area (Å²) < 4.78 is 23.7. The Bertz CT molecular complexity index is 356. The first-order valence-electron chi connectivity index (χ1n) is 5.14. The van der Waals surface area contributed by atoms with Crippen molar-refractivity contribution in [2.45, 2.75) is 24.0 Å². The van der Waals surface area contributed by atoms with Crippen LogP contribution in [0.15, 0.2) is 0 Å². The number of amides is 1. The summed E-state index contributed by atoms with van der Waals surface area (Å²) in [5.41, 5.74) is 0. The minimum atomic E-state index is -3.19. The van der Waals surface area contributed by atoms with Gasteiger partial charge in [-0.2, -0.15) is 11.8 Å². The maximum Gasteiger partial charge on any atom is 0.237 e. The molecule has 2 unspecified atom stereocenters. The molecule has 4 nitrogen and oxygen atoms in total. The molecular weight excluding hydrogens is 314 g/mol. The lowest BCUT2D eigenvalue weighted by atomic mass is 10.4. The fraction of sp³-hybridized carbons (Fsp3) is 0.889. The molecule has 0 aromatic rings. The Morgan fingerprint density at radius 1 is 1.62 bits per heavy atom. The maximum absolute atomic E-state index is 11.9. The quantitative estimate of drug-likeness (QED) is 0.728. The van der Waals surface area contributed by atoms with Gasteiger partial charge in [-0.15, -0.1) is 0 Å². The zero-order valence-corrected chi connectivity index (χ0v) is 12.6. The van der Waals surface area contributed by atoms with Crippen LogP contribution < -0.4 is 0 Å². The zero-order chi connectivity index (χ0) is 12.3. The highest BCUT2D eigenvalue weighted by atomic mass is 79.9. The summed E-state index contributed by atoms with van der Waals surface area (Å²) in [6.07, 6.45) is 0. The summed E-state index contributed by atoms with van der Waals surface area (Å²) in [6, 6.07) is 0. The van der Waals surface area contributed by atoms with Crippen molar-refractivity contribution in [2.24, 2.45) is 0 Å². The highest BCUT2D eigenvalue weighted by Crippen LogP contribution is 2.23. The van der Waals surface area contributed by atoms with Crippen LogP contribution in [0, 0.1) is 0 Å². The molecule has 0 bridgehead atoms. The van der Waals surface area contributed by atoms with Crippen molar-refractivity contribution in [3.8, 4) is 0 Å². The highest BCUT2D eigenvalue weighted by molar-refractivity contribution is 9.10. The molecule has 1 aliphatic heterocycles. The first kappa shape index (κ1) is 14.3. The van der Waals surface area contributed by atoms with Crippen LogP contribution in [-0.2, 0) is 14.6 Å². The highest BCUT2D eigenvalue weighted by Gasteiger charge is 2.36. The predicted octanol–water partition coefficient (Wildman–Crippen LogP) is 1.11. The second kappa shape index (κ2) is 5.73. The third-order valence-corrected chi connectivity index (χ3v) is 6.21. The van der Waals surface area contributed by atoms with Gasteiger partial charge < -0.3 is 4.90 Å². The van der Waals surface area contributed by atoms with E-state index in [2.05, 4.69) is 15.9 Å². The van der Waals surface area contributed by atoms with Gasteiger partial charge in [0, 0.05) is 23.8 Å². The van der Waals surface area contributed by atoms with Gasteiger partial charge in [-0.05, 0) is 6.92 Å². The van der Waals surface area contributed by atoms with Gasteiger partial charge in [-0.25, -0.2) is 8.42 Å². The minimum Gasteiger partial charge on any atom is -0.323 e. The van der Waals surface area contributed by atoms with Gasteiger partial charge >= 0.3 is 0 Å². The Kier molecular flexibility index (Phi) is 5.12. The van der Waals surface area contributed by atoms with E-state index >= 15 is 0 Å². The lowest BCUT2D eigenvalue weighted by molar-refractivity contribution is -0.130. The van der Waals surface area contributed by atoms with Gasteiger partial charge in [0.15, 0.2) is 9.84 Å². The second-order valence-electron chi connectivity index (χ2n) is 3.63. The molecule has 1 heterocycles. The molecule has 94 valence electrons. The van der Waals surface area contributed by atoms with Gasteiger partial charge in [-0.1, -0.05) is 22.9 Å². The molecule has 0 N–H and O–H groups in total. The Hall–Kier alpha value is 0.250. The Labute approximate surface area is 109 Å². The van der Waals surface area contributed by atoms with E-state index in [-0.39, 0.29) is 16.5 Å². The molecule has 0 aromatic carbocycles. The summed E-state index contributed by atoms with van der Waals surface area (Å²) in [6.45, 7) is 3.86. The number of hydrogen-bond acceptors (Lipinski definition) is 4. The second-order valence-corrected chi connectivity index (χ2v) is 8.60. The molecule has 1 fully saturated rings. The van der Waals surface area contributed by atoms with Gasteiger partial charge in [0.05, 0.1) is 4.83 Å². The van der Waals surface area contributed by atoms with E-state index < -0.39 is 15.2 Å². The Balaban J connectivity index is 2.92. The number of halogens is 1. The molecule has 1 saturated heterocycles. The van der Waals surface area contributed by atoms with Crippen molar-refractivity contribution in [3.63, 3.8) is 0 Å². The van der Waals surface area contributed by atoms with Crippen molar-refractivity contribution >= 4 is 43.4 Å². The lowest BCUT2D eigenvalue weighted by Crippen LogP contribution is -2.52. The lowest BCUT2D eigenvalue weighted by Gasteiger charge is -2.35. The predicted molar refractivity (Wildman–Crippen MR) is 70.7 cm³/mol. The summed E-state index contributed by atoms with van der Waals surface area (Å²) in [7, 11) is -3.19. The summed E-state index contributed by atoms with van der Waals surface area (Å²) in [4.78, 5) is 13.0. The van der Waals surface area contributed by atoms with Gasteiger partial charge in [-0.3, -0.25) is 4.79 Å². The number of nitrogens with zero attached hydrogens (tertiary/aromatic N) is 1. The molecule has 2 atom stereocenters. The SMILES string of the molecule is CCS(=O)(=O)C1CSCCN1C(=O)C(C)Br. The number of alkyl halides is 1. The molecule has 16 heavy (non-hydrogen) atoms. The van der Waals surface area contributed by atoms with E-state index in [9.17, 15) is 13.2 Å². The van der Waals surface area contributed by atoms with Crippen molar-refractivity contribution < 1.29 is 13.2 Å². The largest absolute Gasteiger partial charge is 0.323 e. The number of sulfone groups is 1. The molecule has 1 amide bonds. The van der Waals surface area contributed by atoms with Gasteiger partial charge in [0.2, 0.25) is 5.91 Å². The van der Waals surface area contributed by atoms with E-state index in [1.807, 2.05) is 0 Å². The maximum atomic E-state index is 11.9. The number of carbonyl (C=O) groups is 1. The molecule has 0 radical (unpaired) electrons. The number of hydrogen-bond donors (Lipinski definition) is 0. The molecule has 1 rings (SSSR count). The van der Waals surface area contributed by atoms with Crippen molar-refractivity contribution in [1.82, 2.24) is 4.90 Å². The van der Waals surface area contributed by atoms with Crippen LogP contribution in [0.3, 0.4) is 0 Å². The number of thioether (sulfide) groups is 1. The molecular formula is C9H16BrNO3S2. The normalized spacial score (nSPS) is 24.2. The molecule has 0 aromatic heterocycles. The van der Waals surface area contributed by atoms with Crippen LogP contribution in [-0.4, -0.2) is 53.2 Å². The van der Waals surface area contributed by atoms with Crippen LogP contribution in [0.25, 0.3) is 0 Å². The molecule has 0 spiro atoms. The van der Waals surface area contributed by atoms with Crippen LogP contribution >= 0.6 is 27.7 Å². The van der Waals surface area contributed by atoms with Crippen LogP contribution in [0.1, 0.15) is 13.8 Å². The van der Waals surface area contributed by atoms with E-state index in [0.29, 0.717) is 12.3 Å². The summed E-state index contributed by atoms with van der Waals surface area (Å²) >= 11 is 4.79. The van der Waals surface area contributed by atoms with Crippen molar-refractivity contribution in [2.75, 3.05) is 23.8 Å². The van der Waals surface area contributed by atoms with Crippen LogP contribution in [0.2, 0.25) is 0 Å². The van der Waals surface area contributed by atoms with Crippen molar-refractivity contribution in [1.29, 1.82) is 0 Å².